The zero-order valence-corrected chi connectivity index (χ0v) is 11.2. The van der Waals surface area contributed by atoms with Crippen LogP contribution in [0.1, 0.15) is 12.0 Å². The Morgan fingerprint density at radius 1 is 0.947 bits per heavy atom. The Labute approximate surface area is 113 Å². The van der Waals surface area contributed by atoms with Gasteiger partial charge in [-0.1, -0.05) is 42.5 Å². The topological polar surface area (TPSA) is 53.3 Å². The molecular weight excluding hydrogens is 256 g/mol. The summed E-state index contributed by atoms with van der Waals surface area (Å²) >= 11 is 0. The number of aryl methyl sites for hydroxylation is 1. The third-order valence-electron chi connectivity index (χ3n) is 3.22. The fourth-order valence-corrected chi connectivity index (χ4v) is 3.76. The van der Waals surface area contributed by atoms with Crippen LogP contribution in [0.5, 0.6) is 0 Å². The Balaban J connectivity index is 1.85. The number of aliphatic imine (C=N–C) groups is 1. The van der Waals surface area contributed by atoms with E-state index >= 15 is 0 Å². The van der Waals surface area contributed by atoms with E-state index in [1.807, 2.05) is 48.5 Å². The Kier molecular flexibility index (Phi) is 2.95. The average molecular weight is 270 g/mol. The molecule has 1 atom stereocenters. The van der Waals surface area contributed by atoms with E-state index in [0.717, 1.165) is 6.42 Å². The van der Waals surface area contributed by atoms with Crippen molar-refractivity contribution in [1.29, 1.82) is 4.78 Å². The number of para-hydroxylation sites is 1. The molecule has 19 heavy (non-hydrogen) atoms. The molecule has 3 nitrogen and oxygen atoms in total. The van der Waals surface area contributed by atoms with Crippen LogP contribution < -0.4 is 0 Å². The molecule has 0 aliphatic carbocycles. The van der Waals surface area contributed by atoms with Crippen LogP contribution >= 0.6 is 0 Å². The first-order chi connectivity index (χ1) is 9.18. The lowest BCUT2D eigenvalue weighted by atomic mass is 10.1. The highest BCUT2D eigenvalue weighted by atomic mass is 32.2. The van der Waals surface area contributed by atoms with Crippen molar-refractivity contribution in [2.24, 2.45) is 4.99 Å². The van der Waals surface area contributed by atoms with Gasteiger partial charge in [-0.15, -0.1) is 0 Å². The van der Waals surface area contributed by atoms with Crippen molar-refractivity contribution in [3.63, 3.8) is 0 Å². The number of hydrogen-bond acceptors (Lipinski definition) is 3. The summed E-state index contributed by atoms with van der Waals surface area (Å²) in [4.78, 5) is 4.93. The van der Waals surface area contributed by atoms with Gasteiger partial charge in [0.2, 0.25) is 0 Å². The summed E-state index contributed by atoms with van der Waals surface area (Å²) < 4.78 is 20.6. The molecule has 0 amide bonds. The van der Waals surface area contributed by atoms with Gasteiger partial charge in [-0.3, -0.25) is 0 Å². The maximum atomic E-state index is 12.5. The molecule has 1 aliphatic heterocycles. The molecule has 1 unspecified atom stereocenters. The maximum Gasteiger partial charge on any atom is 0.118 e. The van der Waals surface area contributed by atoms with Crippen LogP contribution in [-0.2, 0) is 16.1 Å². The van der Waals surface area contributed by atoms with Gasteiger partial charge < -0.3 is 0 Å². The molecule has 96 valence electrons. The molecule has 4 heteroatoms. The minimum absolute atomic E-state index is 0.498. The number of nitrogens with one attached hydrogen (secondary N) is 1. The molecule has 1 N–H and O–H groups in total. The molecule has 3 rings (SSSR count). The third kappa shape index (κ3) is 2.19. The Morgan fingerprint density at radius 3 is 2.37 bits per heavy atom. The number of hydrogen-bond donors (Lipinski definition) is 1. The van der Waals surface area contributed by atoms with Gasteiger partial charge in [0.25, 0.3) is 0 Å². The molecular formula is C15H14N2OS. The summed E-state index contributed by atoms with van der Waals surface area (Å²) in [5.41, 5.74) is 1.86. The van der Waals surface area contributed by atoms with Gasteiger partial charge in [0.05, 0.1) is 10.6 Å². The van der Waals surface area contributed by atoms with Gasteiger partial charge in [-0.25, -0.2) is 14.0 Å². The van der Waals surface area contributed by atoms with Gasteiger partial charge in [-0.2, -0.15) is 0 Å². The summed E-state index contributed by atoms with van der Waals surface area (Å²) in [5.74, 6) is 0. The second-order valence-electron chi connectivity index (χ2n) is 4.52. The smallest absolute Gasteiger partial charge is 0.118 e. The number of nitrogens with zero attached hydrogens (tertiary/aromatic N) is 1. The van der Waals surface area contributed by atoms with Crippen molar-refractivity contribution in [1.82, 2.24) is 0 Å². The van der Waals surface area contributed by atoms with Crippen molar-refractivity contribution in [2.75, 3.05) is 0 Å². The highest BCUT2D eigenvalue weighted by Crippen LogP contribution is 2.34. The fourth-order valence-electron chi connectivity index (χ4n) is 2.21. The van der Waals surface area contributed by atoms with Crippen molar-refractivity contribution in [3.8, 4) is 0 Å². The molecule has 0 saturated carbocycles. The quantitative estimate of drug-likeness (QED) is 0.906. The lowest BCUT2D eigenvalue weighted by Crippen LogP contribution is -2.10. The van der Waals surface area contributed by atoms with Crippen LogP contribution in [0.2, 0.25) is 0 Å². The van der Waals surface area contributed by atoms with Crippen LogP contribution in [0.3, 0.4) is 0 Å². The Morgan fingerprint density at radius 2 is 1.63 bits per heavy atom. The largest absolute Gasteiger partial charge is 0.244 e. The Bertz CT molecular complexity index is 734. The molecule has 0 fully saturated rings. The lowest BCUT2D eigenvalue weighted by Gasteiger charge is -2.04. The van der Waals surface area contributed by atoms with E-state index in [-0.39, 0.29) is 0 Å². The molecule has 2 aromatic rings. The van der Waals surface area contributed by atoms with Crippen molar-refractivity contribution in [2.45, 2.75) is 17.7 Å². The first-order valence-electron chi connectivity index (χ1n) is 6.17. The predicted octanol–water partition coefficient (Wildman–Crippen LogP) is 3.77. The van der Waals surface area contributed by atoms with E-state index in [1.54, 1.807) is 6.07 Å². The van der Waals surface area contributed by atoms with Crippen LogP contribution in [0.15, 0.2) is 64.5 Å². The predicted molar refractivity (Wildman–Crippen MR) is 77.4 cm³/mol. The van der Waals surface area contributed by atoms with E-state index < -0.39 is 9.73 Å². The first kappa shape index (κ1) is 12.1. The second-order valence-corrected chi connectivity index (χ2v) is 6.54. The molecule has 2 aromatic carbocycles. The molecule has 0 saturated heterocycles. The van der Waals surface area contributed by atoms with Gasteiger partial charge >= 0.3 is 0 Å². The van der Waals surface area contributed by atoms with Crippen LogP contribution in [-0.4, -0.2) is 9.25 Å². The van der Waals surface area contributed by atoms with Crippen LogP contribution in [0.4, 0.5) is 5.69 Å². The van der Waals surface area contributed by atoms with E-state index in [0.29, 0.717) is 22.0 Å². The van der Waals surface area contributed by atoms with Crippen molar-refractivity contribution < 1.29 is 4.21 Å². The van der Waals surface area contributed by atoms with Gasteiger partial charge in [0.1, 0.15) is 14.8 Å². The second kappa shape index (κ2) is 4.63. The monoisotopic (exact) mass is 270 g/mol. The van der Waals surface area contributed by atoms with Crippen LogP contribution in [0.25, 0.3) is 0 Å². The van der Waals surface area contributed by atoms with E-state index in [4.69, 9.17) is 4.78 Å². The highest BCUT2D eigenvalue weighted by Gasteiger charge is 2.27. The van der Waals surface area contributed by atoms with Gasteiger partial charge in [0, 0.05) is 6.42 Å². The van der Waals surface area contributed by atoms with E-state index in [1.165, 1.54) is 5.56 Å². The Hall–Kier alpha value is -1.94. The standard InChI is InChI=1S/C15H14N2OS/c16-19(18)14-9-5-4-8-13(14)17-15(19)11-10-12-6-2-1-3-7-12/h1-9,16H,10-11H2. The molecule has 0 spiro atoms. The summed E-state index contributed by atoms with van der Waals surface area (Å²) in [5, 5.41) is 0.498. The van der Waals surface area contributed by atoms with Gasteiger partial charge in [0.15, 0.2) is 0 Å². The zero-order valence-electron chi connectivity index (χ0n) is 10.4. The van der Waals surface area contributed by atoms with Crippen LogP contribution in [0, 0.1) is 4.78 Å². The molecule has 0 bridgehead atoms. The minimum atomic E-state index is -2.87. The molecule has 1 heterocycles. The summed E-state index contributed by atoms with van der Waals surface area (Å²) in [6.45, 7) is 0. The fraction of sp³-hybridized carbons (Fsp3) is 0.133. The first-order valence-corrected chi connectivity index (χ1v) is 7.73. The van der Waals surface area contributed by atoms with E-state index in [9.17, 15) is 4.21 Å². The molecule has 0 radical (unpaired) electrons. The average Bonchev–Trinajstić information content (AvgIpc) is 2.70. The van der Waals surface area contributed by atoms with Gasteiger partial charge in [-0.05, 0) is 24.1 Å². The summed E-state index contributed by atoms with van der Waals surface area (Å²) in [7, 11) is -2.87. The maximum absolute atomic E-state index is 12.5. The molecule has 1 aliphatic rings. The minimum Gasteiger partial charge on any atom is -0.244 e. The number of fused-ring (bicyclic) bond motifs is 1. The third-order valence-corrected chi connectivity index (χ3v) is 5.15. The summed E-state index contributed by atoms with van der Waals surface area (Å²) in [6, 6.07) is 17.2. The number of benzene rings is 2. The highest BCUT2D eigenvalue weighted by molar-refractivity contribution is 8.07. The van der Waals surface area contributed by atoms with Crippen molar-refractivity contribution in [3.05, 3.63) is 60.2 Å². The summed E-state index contributed by atoms with van der Waals surface area (Å²) in [6.07, 6.45) is 1.34. The van der Waals surface area contributed by atoms with Crippen molar-refractivity contribution >= 4 is 20.5 Å². The molecule has 0 aromatic heterocycles. The SMILES string of the molecule is N=S1(=O)C(CCc2ccccc2)=Nc2ccccc21. The zero-order chi connectivity index (χ0) is 13.3. The van der Waals surface area contributed by atoms with E-state index in [2.05, 4.69) is 4.99 Å². The lowest BCUT2D eigenvalue weighted by molar-refractivity contribution is 0.683. The normalized spacial score (nSPS) is 20.9. The number of rotatable bonds is 3.